The SMILES string of the molecule is Cc1cc(Cl)ccc1OCCCC(=O)NNC(=O)Cc1ccc(F)cc1. The first-order valence-electron chi connectivity index (χ1n) is 8.15. The van der Waals surface area contributed by atoms with Crippen LogP contribution in [0.4, 0.5) is 4.39 Å². The number of aryl methyl sites for hydroxylation is 1. The zero-order chi connectivity index (χ0) is 18.9. The van der Waals surface area contributed by atoms with Gasteiger partial charge in [0.15, 0.2) is 0 Å². The molecule has 0 fully saturated rings. The number of rotatable bonds is 7. The molecule has 0 heterocycles. The summed E-state index contributed by atoms with van der Waals surface area (Å²) in [7, 11) is 0. The maximum absolute atomic E-state index is 12.8. The van der Waals surface area contributed by atoms with Gasteiger partial charge in [-0.25, -0.2) is 4.39 Å². The van der Waals surface area contributed by atoms with Crippen LogP contribution >= 0.6 is 11.6 Å². The fourth-order valence-corrected chi connectivity index (χ4v) is 2.45. The van der Waals surface area contributed by atoms with Crippen molar-refractivity contribution in [1.82, 2.24) is 10.9 Å². The fourth-order valence-electron chi connectivity index (χ4n) is 2.22. The summed E-state index contributed by atoms with van der Waals surface area (Å²) >= 11 is 5.88. The van der Waals surface area contributed by atoms with Crippen molar-refractivity contribution in [2.45, 2.75) is 26.2 Å². The number of carbonyl (C=O) groups is 2. The molecule has 0 saturated heterocycles. The number of hydrogen-bond donors (Lipinski definition) is 2. The Balaban J connectivity index is 1.62. The average molecular weight is 379 g/mol. The van der Waals surface area contributed by atoms with Gasteiger partial charge in [-0.3, -0.25) is 20.4 Å². The third-order valence-corrected chi connectivity index (χ3v) is 3.80. The Morgan fingerprint density at radius 1 is 1.08 bits per heavy atom. The number of hydrazine groups is 1. The number of benzene rings is 2. The van der Waals surface area contributed by atoms with Gasteiger partial charge in [0.1, 0.15) is 11.6 Å². The molecule has 2 N–H and O–H groups in total. The van der Waals surface area contributed by atoms with Crippen LogP contribution in [-0.4, -0.2) is 18.4 Å². The Hall–Kier alpha value is -2.60. The van der Waals surface area contributed by atoms with Gasteiger partial charge < -0.3 is 4.74 Å². The van der Waals surface area contributed by atoms with Crippen LogP contribution in [0.1, 0.15) is 24.0 Å². The minimum Gasteiger partial charge on any atom is -0.493 e. The van der Waals surface area contributed by atoms with E-state index in [4.69, 9.17) is 16.3 Å². The first kappa shape index (κ1) is 19.7. The van der Waals surface area contributed by atoms with Gasteiger partial charge in [-0.1, -0.05) is 23.7 Å². The van der Waals surface area contributed by atoms with Crippen LogP contribution in [0.15, 0.2) is 42.5 Å². The topological polar surface area (TPSA) is 67.4 Å². The molecule has 0 atom stereocenters. The Morgan fingerprint density at radius 2 is 1.77 bits per heavy atom. The zero-order valence-corrected chi connectivity index (χ0v) is 15.1. The van der Waals surface area contributed by atoms with Crippen LogP contribution in [0.25, 0.3) is 0 Å². The molecular formula is C19H20ClFN2O3. The quantitative estimate of drug-likeness (QED) is 0.573. The molecule has 5 nitrogen and oxygen atoms in total. The second-order valence-electron chi connectivity index (χ2n) is 5.76. The van der Waals surface area contributed by atoms with Crippen molar-refractivity contribution in [1.29, 1.82) is 0 Å². The van der Waals surface area contributed by atoms with Crippen molar-refractivity contribution in [2.24, 2.45) is 0 Å². The molecule has 2 aromatic rings. The molecule has 26 heavy (non-hydrogen) atoms. The third-order valence-electron chi connectivity index (χ3n) is 3.56. The molecule has 2 aromatic carbocycles. The number of nitrogens with one attached hydrogen (secondary N) is 2. The van der Waals surface area contributed by atoms with Crippen molar-refractivity contribution in [3.63, 3.8) is 0 Å². The van der Waals surface area contributed by atoms with Crippen molar-refractivity contribution < 1.29 is 18.7 Å². The number of hydrogen-bond acceptors (Lipinski definition) is 3. The molecule has 138 valence electrons. The van der Waals surface area contributed by atoms with Gasteiger partial charge in [-0.15, -0.1) is 0 Å². The van der Waals surface area contributed by atoms with Gasteiger partial charge >= 0.3 is 0 Å². The molecule has 0 radical (unpaired) electrons. The summed E-state index contributed by atoms with van der Waals surface area (Å²) in [5.41, 5.74) is 6.26. The van der Waals surface area contributed by atoms with Gasteiger partial charge in [0.25, 0.3) is 0 Å². The number of halogens is 2. The highest BCUT2D eigenvalue weighted by Crippen LogP contribution is 2.21. The number of ether oxygens (including phenoxy) is 1. The molecule has 2 amide bonds. The maximum Gasteiger partial charge on any atom is 0.242 e. The van der Waals surface area contributed by atoms with E-state index in [-0.39, 0.29) is 30.5 Å². The van der Waals surface area contributed by atoms with Crippen LogP contribution in [0.3, 0.4) is 0 Å². The Bertz CT molecular complexity index is 766. The molecule has 0 aromatic heterocycles. The second-order valence-corrected chi connectivity index (χ2v) is 6.20. The normalized spacial score (nSPS) is 10.3. The lowest BCUT2D eigenvalue weighted by Crippen LogP contribution is -2.42. The van der Waals surface area contributed by atoms with E-state index >= 15 is 0 Å². The van der Waals surface area contributed by atoms with E-state index in [1.807, 2.05) is 6.92 Å². The summed E-state index contributed by atoms with van der Waals surface area (Å²) in [6, 6.07) is 10.9. The Kier molecular flexibility index (Phi) is 7.41. The van der Waals surface area contributed by atoms with Crippen molar-refractivity contribution in [2.75, 3.05) is 6.61 Å². The van der Waals surface area contributed by atoms with E-state index in [0.717, 1.165) is 11.3 Å². The van der Waals surface area contributed by atoms with Crippen molar-refractivity contribution in [3.05, 3.63) is 64.4 Å². The summed E-state index contributed by atoms with van der Waals surface area (Å²) in [6.07, 6.45) is 0.769. The summed E-state index contributed by atoms with van der Waals surface area (Å²) in [5, 5.41) is 0.644. The molecule has 7 heteroatoms. The first-order chi connectivity index (χ1) is 12.4. The standard InChI is InChI=1S/C19H20ClFN2O3/c1-13-11-15(20)6-9-17(13)26-10-2-3-18(24)22-23-19(25)12-14-4-7-16(21)8-5-14/h4-9,11H,2-3,10,12H2,1H3,(H,22,24)(H,23,25). The first-order valence-corrected chi connectivity index (χ1v) is 8.53. The molecule has 0 aliphatic rings. The van der Waals surface area contributed by atoms with Gasteiger partial charge in [-0.05, 0) is 54.8 Å². The predicted octanol–water partition coefficient (Wildman–Crippen LogP) is 3.34. The third kappa shape index (κ3) is 6.72. The van der Waals surface area contributed by atoms with E-state index in [1.165, 1.54) is 24.3 Å². The van der Waals surface area contributed by atoms with E-state index in [0.29, 0.717) is 23.6 Å². The number of carbonyl (C=O) groups excluding carboxylic acids is 2. The summed E-state index contributed by atoms with van der Waals surface area (Å²) in [4.78, 5) is 23.4. The molecule has 0 unspecified atom stereocenters. The Morgan fingerprint density at radius 3 is 2.46 bits per heavy atom. The molecule has 2 rings (SSSR count). The van der Waals surface area contributed by atoms with Gasteiger partial charge in [-0.2, -0.15) is 0 Å². The van der Waals surface area contributed by atoms with Gasteiger partial charge in [0.05, 0.1) is 13.0 Å². The molecule has 0 spiro atoms. The van der Waals surface area contributed by atoms with Crippen molar-refractivity contribution >= 4 is 23.4 Å². The van der Waals surface area contributed by atoms with Crippen LogP contribution in [0, 0.1) is 12.7 Å². The Labute approximate surface area is 156 Å². The minimum atomic E-state index is -0.377. The van der Waals surface area contributed by atoms with E-state index in [2.05, 4.69) is 10.9 Å². The van der Waals surface area contributed by atoms with Crippen LogP contribution in [0.2, 0.25) is 5.02 Å². The van der Waals surface area contributed by atoms with Gasteiger partial charge in [0.2, 0.25) is 11.8 Å². The van der Waals surface area contributed by atoms with E-state index in [1.54, 1.807) is 18.2 Å². The van der Waals surface area contributed by atoms with E-state index < -0.39 is 0 Å². The summed E-state index contributed by atoms with van der Waals surface area (Å²) in [5.74, 6) is -0.326. The highest BCUT2D eigenvalue weighted by atomic mass is 35.5. The summed E-state index contributed by atoms with van der Waals surface area (Å²) in [6.45, 7) is 2.27. The fraction of sp³-hybridized carbons (Fsp3) is 0.263. The average Bonchev–Trinajstić information content (AvgIpc) is 2.60. The molecule has 0 saturated carbocycles. The summed E-state index contributed by atoms with van der Waals surface area (Å²) < 4.78 is 18.4. The monoisotopic (exact) mass is 378 g/mol. The van der Waals surface area contributed by atoms with Crippen LogP contribution < -0.4 is 15.6 Å². The molecule has 0 bridgehead atoms. The maximum atomic E-state index is 12.8. The second kappa shape index (κ2) is 9.77. The smallest absolute Gasteiger partial charge is 0.242 e. The van der Waals surface area contributed by atoms with E-state index in [9.17, 15) is 14.0 Å². The lowest BCUT2D eigenvalue weighted by Gasteiger charge is -2.10. The number of amides is 2. The minimum absolute atomic E-state index is 0.0551. The molecule has 0 aliphatic carbocycles. The zero-order valence-electron chi connectivity index (χ0n) is 14.4. The highest BCUT2D eigenvalue weighted by molar-refractivity contribution is 6.30. The molecule has 0 aliphatic heterocycles. The lowest BCUT2D eigenvalue weighted by molar-refractivity contribution is -0.128. The molecular weight excluding hydrogens is 359 g/mol. The predicted molar refractivity (Wildman–Crippen MR) is 97.3 cm³/mol. The van der Waals surface area contributed by atoms with Crippen molar-refractivity contribution in [3.8, 4) is 5.75 Å². The van der Waals surface area contributed by atoms with Gasteiger partial charge in [0, 0.05) is 11.4 Å². The van der Waals surface area contributed by atoms with Crippen LogP contribution in [-0.2, 0) is 16.0 Å². The van der Waals surface area contributed by atoms with Crippen LogP contribution in [0.5, 0.6) is 5.75 Å². The lowest BCUT2D eigenvalue weighted by atomic mass is 10.1. The highest BCUT2D eigenvalue weighted by Gasteiger charge is 2.07. The largest absolute Gasteiger partial charge is 0.493 e.